The van der Waals surface area contributed by atoms with E-state index in [2.05, 4.69) is 17.2 Å². The highest BCUT2D eigenvalue weighted by atomic mass is 16.2. The first-order valence-corrected chi connectivity index (χ1v) is 9.04. The first-order chi connectivity index (χ1) is 13.0. The molecule has 140 valence electrons. The number of carbonyl (C=O) groups excluding carboxylic acids is 4. The Morgan fingerprint density at radius 1 is 0.963 bits per heavy atom. The number of benzene rings is 1. The summed E-state index contributed by atoms with van der Waals surface area (Å²) in [5.41, 5.74) is 1.65. The smallest absolute Gasteiger partial charge is 0.240 e. The number of piperidine rings is 1. The van der Waals surface area contributed by atoms with Crippen molar-refractivity contribution in [1.29, 1.82) is 0 Å². The minimum atomic E-state index is -0.410. The van der Waals surface area contributed by atoms with Crippen LogP contribution in [0.5, 0.6) is 0 Å². The zero-order valence-corrected chi connectivity index (χ0v) is 15.0. The molecule has 0 radical (unpaired) electrons. The van der Waals surface area contributed by atoms with E-state index in [1.807, 2.05) is 24.3 Å². The van der Waals surface area contributed by atoms with Gasteiger partial charge >= 0.3 is 0 Å². The third-order valence-electron chi connectivity index (χ3n) is 4.57. The van der Waals surface area contributed by atoms with E-state index >= 15 is 0 Å². The molecule has 2 fully saturated rings. The van der Waals surface area contributed by atoms with Crippen molar-refractivity contribution >= 4 is 29.3 Å². The van der Waals surface area contributed by atoms with E-state index in [1.54, 1.807) is 4.90 Å². The summed E-state index contributed by atoms with van der Waals surface area (Å²) in [5, 5.41) is 2.58. The minimum Gasteiger partial charge on any atom is -0.344 e. The molecular formula is C20H21N3O4. The molecule has 3 rings (SSSR count). The lowest BCUT2D eigenvalue weighted by Crippen LogP contribution is -2.40. The van der Waals surface area contributed by atoms with Crippen LogP contribution in [-0.2, 0) is 19.2 Å². The van der Waals surface area contributed by atoms with Crippen molar-refractivity contribution < 1.29 is 19.2 Å². The summed E-state index contributed by atoms with van der Waals surface area (Å²) in [5.74, 6) is 4.89. The van der Waals surface area contributed by atoms with E-state index in [-0.39, 0.29) is 43.7 Å². The Bertz CT molecular complexity index is 804. The van der Waals surface area contributed by atoms with E-state index < -0.39 is 5.91 Å². The molecule has 0 saturated carbocycles. The van der Waals surface area contributed by atoms with Gasteiger partial charge in [0.15, 0.2) is 0 Å². The number of hydrogen-bond acceptors (Lipinski definition) is 4. The highest BCUT2D eigenvalue weighted by Crippen LogP contribution is 2.21. The number of nitrogens with zero attached hydrogens (tertiary/aromatic N) is 2. The summed E-state index contributed by atoms with van der Waals surface area (Å²) in [7, 11) is 0. The number of amides is 4. The molecule has 1 N–H and O–H groups in total. The maximum absolute atomic E-state index is 11.9. The molecule has 0 aliphatic carbocycles. The van der Waals surface area contributed by atoms with Crippen molar-refractivity contribution in [3.05, 3.63) is 29.8 Å². The molecule has 2 heterocycles. The van der Waals surface area contributed by atoms with Gasteiger partial charge in [0.25, 0.3) is 0 Å². The first kappa shape index (κ1) is 18.6. The van der Waals surface area contributed by atoms with Gasteiger partial charge < -0.3 is 10.2 Å². The van der Waals surface area contributed by atoms with Crippen molar-refractivity contribution in [2.45, 2.75) is 32.1 Å². The number of rotatable bonds is 4. The minimum absolute atomic E-state index is 0.126. The largest absolute Gasteiger partial charge is 0.344 e. The van der Waals surface area contributed by atoms with E-state index in [0.717, 1.165) is 35.5 Å². The van der Waals surface area contributed by atoms with Crippen LogP contribution in [0.4, 0.5) is 5.69 Å². The fourth-order valence-corrected chi connectivity index (χ4v) is 3.09. The Hall–Kier alpha value is -3.14. The van der Waals surface area contributed by atoms with Crippen LogP contribution < -0.4 is 10.2 Å². The number of anilines is 1. The fraction of sp³-hybridized carbons (Fsp3) is 0.400. The molecule has 0 bridgehead atoms. The highest BCUT2D eigenvalue weighted by molar-refractivity contribution is 6.04. The van der Waals surface area contributed by atoms with E-state index in [4.69, 9.17) is 0 Å². The van der Waals surface area contributed by atoms with Crippen LogP contribution in [0.15, 0.2) is 24.3 Å². The second-order valence-corrected chi connectivity index (χ2v) is 6.50. The zero-order valence-electron chi connectivity index (χ0n) is 15.0. The molecule has 0 spiro atoms. The Balaban J connectivity index is 1.48. The van der Waals surface area contributed by atoms with Crippen molar-refractivity contribution in [3.8, 4) is 11.8 Å². The highest BCUT2D eigenvalue weighted by Gasteiger charge is 2.30. The van der Waals surface area contributed by atoms with Crippen molar-refractivity contribution in [2.24, 2.45) is 0 Å². The predicted octanol–water partition coefficient (Wildman–Crippen LogP) is 0.820. The topological polar surface area (TPSA) is 86.8 Å². The van der Waals surface area contributed by atoms with Crippen LogP contribution >= 0.6 is 0 Å². The second-order valence-electron chi connectivity index (χ2n) is 6.50. The van der Waals surface area contributed by atoms with Gasteiger partial charge in [0.05, 0.1) is 6.54 Å². The van der Waals surface area contributed by atoms with Crippen molar-refractivity contribution in [2.75, 3.05) is 24.5 Å². The lowest BCUT2D eigenvalue weighted by atomic mass is 10.1. The normalized spacial score (nSPS) is 17.0. The van der Waals surface area contributed by atoms with Gasteiger partial charge in [0, 0.05) is 37.1 Å². The van der Waals surface area contributed by atoms with Crippen LogP contribution in [0, 0.1) is 11.8 Å². The molecular weight excluding hydrogens is 346 g/mol. The monoisotopic (exact) mass is 367 g/mol. The van der Waals surface area contributed by atoms with Crippen LogP contribution in [0.2, 0.25) is 0 Å². The summed E-state index contributed by atoms with van der Waals surface area (Å²) in [6, 6.07) is 7.42. The first-order valence-electron chi connectivity index (χ1n) is 9.04. The molecule has 1 aromatic rings. The van der Waals surface area contributed by atoms with E-state index in [1.165, 1.54) is 0 Å². The Morgan fingerprint density at radius 2 is 1.67 bits per heavy atom. The van der Waals surface area contributed by atoms with Gasteiger partial charge in [-0.25, -0.2) is 0 Å². The van der Waals surface area contributed by atoms with Gasteiger partial charge in [-0.05, 0) is 37.1 Å². The predicted molar refractivity (Wildman–Crippen MR) is 98.5 cm³/mol. The lowest BCUT2D eigenvalue weighted by molar-refractivity contribution is -0.142. The molecule has 0 unspecified atom stereocenters. The molecule has 27 heavy (non-hydrogen) atoms. The molecule has 0 aromatic heterocycles. The summed E-state index contributed by atoms with van der Waals surface area (Å²) >= 11 is 0. The fourth-order valence-electron chi connectivity index (χ4n) is 3.09. The van der Waals surface area contributed by atoms with Crippen molar-refractivity contribution in [1.82, 2.24) is 10.2 Å². The Kier molecular flexibility index (Phi) is 5.87. The summed E-state index contributed by atoms with van der Waals surface area (Å²) in [6.45, 7) is 0.622. The van der Waals surface area contributed by atoms with Gasteiger partial charge in [-0.3, -0.25) is 24.1 Å². The molecule has 2 aliphatic heterocycles. The second kappa shape index (κ2) is 8.49. The lowest BCUT2D eigenvalue weighted by Gasteiger charge is -2.26. The van der Waals surface area contributed by atoms with Gasteiger partial charge in [0.1, 0.15) is 6.54 Å². The zero-order chi connectivity index (χ0) is 19.2. The average molecular weight is 367 g/mol. The van der Waals surface area contributed by atoms with E-state index in [0.29, 0.717) is 6.42 Å². The SMILES string of the molecule is O=C(CN1C(=O)CCC1=O)NCC#Cc1ccc(N2CCCCC2=O)cc1. The summed E-state index contributed by atoms with van der Waals surface area (Å²) < 4.78 is 0. The molecule has 2 saturated heterocycles. The molecule has 7 nitrogen and oxygen atoms in total. The molecule has 2 aliphatic rings. The number of carbonyl (C=O) groups is 4. The van der Waals surface area contributed by atoms with Crippen LogP contribution in [0.1, 0.15) is 37.7 Å². The maximum atomic E-state index is 11.9. The summed E-state index contributed by atoms with van der Waals surface area (Å²) in [6.07, 6.45) is 2.90. The molecule has 0 atom stereocenters. The Labute approximate surface area is 157 Å². The van der Waals surface area contributed by atoms with Gasteiger partial charge in [0.2, 0.25) is 23.6 Å². The van der Waals surface area contributed by atoms with Crippen LogP contribution in [-0.4, -0.2) is 48.2 Å². The van der Waals surface area contributed by atoms with Gasteiger partial charge in [-0.2, -0.15) is 0 Å². The third kappa shape index (κ3) is 4.73. The van der Waals surface area contributed by atoms with Gasteiger partial charge in [-0.15, -0.1) is 0 Å². The molecule has 7 heteroatoms. The summed E-state index contributed by atoms with van der Waals surface area (Å²) in [4.78, 5) is 49.4. The number of nitrogens with one attached hydrogen (secondary N) is 1. The van der Waals surface area contributed by atoms with Crippen molar-refractivity contribution in [3.63, 3.8) is 0 Å². The average Bonchev–Trinajstić information content (AvgIpc) is 2.98. The molecule has 1 aromatic carbocycles. The number of hydrogen-bond donors (Lipinski definition) is 1. The number of likely N-dealkylation sites (tertiary alicyclic amines) is 1. The maximum Gasteiger partial charge on any atom is 0.240 e. The third-order valence-corrected chi connectivity index (χ3v) is 4.57. The standard InChI is InChI=1S/C20H21N3O4/c24-17(14-23-19(26)10-11-20(23)27)21-12-3-4-15-6-8-16(9-7-15)22-13-2-1-5-18(22)25/h6-9H,1-2,5,10-14H2,(H,21,24). The van der Waals surface area contributed by atoms with Crippen LogP contribution in [0.25, 0.3) is 0 Å². The quantitative estimate of drug-likeness (QED) is 0.631. The van der Waals surface area contributed by atoms with Gasteiger partial charge in [-0.1, -0.05) is 11.8 Å². The van der Waals surface area contributed by atoms with E-state index in [9.17, 15) is 19.2 Å². The Morgan fingerprint density at radius 3 is 2.33 bits per heavy atom. The number of imide groups is 1. The van der Waals surface area contributed by atoms with Crippen LogP contribution in [0.3, 0.4) is 0 Å². The molecule has 4 amide bonds.